The lowest BCUT2D eigenvalue weighted by Gasteiger charge is -2.40. The number of hydrogen-bond donors (Lipinski definition) is 1. The molecular weight excluding hydrogens is 230 g/mol. The molecule has 0 bridgehead atoms. The molecule has 17 heavy (non-hydrogen) atoms. The summed E-state index contributed by atoms with van der Waals surface area (Å²) in [5.41, 5.74) is 3.39. The predicted octanol–water partition coefficient (Wildman–Crippen LogP) is 3.51. The summed E-state index contributed by atoms with van der Waals surface area (Å²) in [6.07, 6.45) is 4.07. The predicted molar refractivity (Wildman–Crippen MR) is 72.1 cm³/mol. The molecule has 96 valence electrons. The van der Waals surface area contributed by atoms with Crippen LogP contribution in [-0.2, 0) is 6.42 Å². The van der Waals surface area contributed by atoms with E-state index < -0.39 is 0 Å². The van der Waals surface area contributed by atoms with Crippen LogP contribution in [0.2, 0.25) is 0 Å². The highest BCUT2D eigenvalue weighted by Gasteiger charge is 2.35. The quantitative estimate of drug-likeness (QED) is 0.875. The van der Waals surface area contributed by atoms with Crippen molar-refractivity contribution in [1.29, 1.82) is 0 Å². The molecule has 1 N–H and O–H groups in total. The number of aliphatic hydroxyl groups is 1. The van der Waals surface area contributed by atoms with Crippen LogP contribution in [0, 0.1) is 17.3 Å². The number of thiazole rings is 1. The molecule has 1 aromatic heterocycles. The molecule has 0 radical (unpaired) electrons. The molecule has 1 aliphatic carbocycles. The summed E-state index contributed by atoms with van der Waals surface area (Å²) in [6.45, 7) is 6.94. The highest BCUT2D eigenvalue weighted by Crippen LogP contribution is 2.41. The van der Waals surface area contributed by atoms with E-state index in [-0.39, 0.29) is 6.10 Å². The van der Waals surface area contributed by atoms with Crippen molar-refractivity contribution in [2.24, 2.45) is 17.3 Å². The molecule has 1 aromatic rings. The van der Waals surface area contributed by atoms with Gasteiger partial charge in [-0.15, -0.1) is 11.3 Å². The lowest BCUT2D eigenvalue weighted by molar-refractivity contribution is 0.0193. The fourth-order valence-corrected chi connectivity index (χ4v) is 3.43. The highest BCUT2D eigenvalue weighted by molar-refractivity contribution is 7.07. The van der Waals surface area contributed by atoms with Gasteiger partial charge in [0.05, 0.1) is 17.3 Å². The Bertz CT molecular complexity index is 342. The first-order chi connectivity index (χ1) is 7.97. The molecule has 0 saturated heterocycles. The molecule has 3 unspecified atom stereocenters. The monoisotopic (exact) mass is 253 g/mol. The number of aromatic nitrogens is 1. The zero-order chi connectivity index (χ0) is 12.5. The molecule has 1 fully saturated rings. The smallest absolute Gasteiger partial charge is 0.0794 e. The Hall–Kier alpha value is -0.410. The van der Waals surface area contributed by atoms with Crippen molar-refractivity contribution in [2.75, 3.05) is 0 Å². The zero-order valence-electron chi connectivity index (χ0n) is 11.0. The van der Waals surface area contributed by atoms with E-state index in [1.54, 1.807) is 11.3 Å². The minimum Gasteiger partial charge on any atom is -0.393 e. The summed E-state index contributed by atoms with van der Waals surface area (Å²) >= 11 is 1.64. The Morgan fingerprint density at radius 1 is 1.41 bits per heavy atom. The molecule has 3 heteroatoms. The summed E-state index contributed by atoms with van der Waals surface area (Å²) in [7, 11) is 0. The Labute approximate surface area is 108 Å². The zero-order valence-corrected chi connectivity index (χ0v) is 11.8. The Kier molecular flexibility index (Phi) is 3.88. The fraction of sp³-hybridized carbons (Fsp3) is 0.786. The van der Waals surface area contributed by atoms with Crippen molar-refractivity contribution in [3.05, 3.63) is 16.6 Å². The third-order valence-electron chi connectivity index (χ3n) is 4.12. The summed E-state index contributed by atoms with van der Waals surface area (Å²) in [5.74, 6) is 1.13. The molecular formula is C14H23NOS. The second-order valence-corrected chi connectivity index (χ2v) is 7.11. The summed E-state index contributed by atoms with van der Waals surface area (Å²) in [5, 5.41) is 12.2. The van der Waals surface area contributed by atoms with Gasteiger partial charge in [0.1, 0.15) is 0 Å². The largest absolute Gasteiger partial charge is 0.393 e. The second-order valence-electron chi connectivity index (χ2n) is 6.39. The summed E-state index contributed by atoms with van der Waals surface area (Å²) in [4.78, 5) is 4.34. The van der Waals surface area contributed by atoms with Crippen LogP contribution in [0.3, 0.4) is 0 Å². The Morgan fingerprint density at radius 3 is 2.76 bits per heavy atom. The third kappa shape index (κ3) is 3.29. The topological polar surface area (TPSA) is 33.1 Å². The molecule has 2 rings (SSSR count). The van der Waals surface area contributed by atoms with Gasteiger partial charge in [0.15, 0.2) is 0 Å². The van der Waals surface area contributed by atoms with Gasteiger partial charge in [0.2, 0.25) is 0 Å². The first-order valence-electron chi connectivity index (χ1n) is 6.52. The van der Waals surface area contributed by atoms with Gasteiger partial charge in [-0.3, -0.25) is 0 Å². The van der Waals surface area contributed by atoms with Crippen molar-refractivity contribution in [3.8, 4) is 0 Å². The van der Waals surface area contributed by atoms with Gasteiger partial charge in [-0.2, -0.15) is 0 Å². The van der Waals surface area contributed by atoms with Crippen LogP contribution in [0.25, 0.3) is 0 Å². The first kappa shape index (κ1) is 13.0. The number of rotatable bonds is 2. The first-order valence-corrected chi connectivity index (χ1v) is 7.46. The van der Waals surface area contributed by atoms with Crippen LogP contribution in [0.15, 0.2) is 10.9 Å². The molecule has 0 amide bonds. The van der Waals surface area contributed by atoms with Gasteiger partial charge in [0, 0.05) is 5.38 Å². The molecule has 0 aliphatic heterocycles. The Balaban J connectivity index is 2.00. The molecule has 2 nitrogen and oxygen atoms in total. The minimum atomic E-state index is -0.129. The average Bonchev–Trinajstić information content (AvgIpc) is 2.72. The van der Waals surface area contributed by atoms with E-state index in [9.17, 15) is 5.11 Å². The van der Waals surface area contributed by atoms with Gasteiger partial charge < -0.3 is 5.11 Å². The van der Waals surface area contributed by atoms with Crippen molar-refractivity contribution < 1.29 is 5.11 Å². The van der Waals surface area contributed by atoms with E-state index in [0.717, 1.165) is 37.3 Å². The second kappa shape index (κ2) is 5.07. The standard InChI is InChI=1S/C14H23NOS/c1-14(2,3)11-4-5-13(16)10(6-11)7-12-8-17-9-15-12/h8-11,13,16H,4-7H2,1-3H3. The lowest BCUT2D eigenvalue weighted by atomic mass is 9.67. The van der Waals surface area contributed by atoms with E-state index in [2.05, 4.69) is 31.1 Å². The van der Waals surface area contributed by atoms with Gasteiger partial charge >= 0.3 is 0 Å². The highest BCUT2D eigenvalue weighted by atomic mass is 32.1. The third-order valence-corrected chi connectivity index (χ3v) is 4.76. The molecule has 0 aromatic carbocycles. The summed E-state index contributed by atoms with van der Waals surface area (Å²) in [6, 6.07) is 0. The molecule has 1 saturated carbocycles. The molecule has 3 atom stereocenters. The van der Waals surface area contributed by atoms with Gasteiger partial charge in [-0.1, -0.05) is 20.8 Å². The molecule has 1 aliphatic rings. The van der Waals surface area contributed by atoms with E-state index in [0.29, 0.717) is 11.3 Å². The van der Waals surface area contributed by atoms with E-state index in [1.165, 1.54) is 0 Å². The van der Waals surface area contributed by atoms with Gasteiger partial charge in [-0.25, -0.2) is 4.98 Å². The maximum atomic E-state index is 10.1. The van der Waals surface area contributed by atoms with E-state index in [1.807, 2.05) is 5.51 Å². The normalized spacial score (nSPS) is 30.5. The summed E-state index contributed by atoms with van der Waals surface area (Å²) < 4.78 is 0. The van der Waals surface area contributed by atoms with Crippen LogP contribution in [0.4, 0.5) is 0 Å². The number of nitrogens with zero attached hydrogens (tertiary/aromatic N) is 1. The lowest BCUT2D eigenvalue weighted by Crippen LogP contribution is -2.35. The Morgan fingerprint density at radius 2 is 2.18 bits per heavy atom. The van der Waals surface area contributed by atoms with Crippen LogP contribution in [0.5, 0.6) is 0 Å². The SMILES string of the molecule is CC(C)(C)C1CCC(O)C(Cc2cscn2)C1. The molecule has 1 heterocycles. The van der Waals surface area contributed by atoms with Crippen LogP contribution in [0.1, 0.15) is 45.7 Å². The van der Waals surface area contributed by atoms with Crippen molar-refractivity contribution in [3.63, 3.8) is 0 Å². The van der Waals surface area contributed by atoms with Crippen molar-refractivity contribution in [1.82, 2.24) is 4.98 Å². The van der Waals surface area contributed by atoms with Gasteiger partial charge in [-0.05, 0) is 42.9 Å². The van der Waals surface area contributed by atoms with Crippen LogP contribution < -0.4 is 0 Å². The maximum Gasteiger partial charge on any atom is 0.0794 e. The average molecular weight is 253 g/mol. The minimum absolute atomic E-state index is 0.129. The fourth-order valence-electron chi connectivity index (χ4n) is 2.86. The number of aliphatic hydroxyl groups excluding tert-OH is 1. The maximum absolute atomic E-state index is 10.1. The van der Waals surface area contributed by atoms with Crippen molar-refractivity contribution >= 4 is 11.3 Å². The van der Waals surface area contributed by atoms with Crippen LogP contribution in [-0.4, -0.2) is 16.2 Å². The van der Waals surface area contributed by atoms with Crippen molar-refractivity contribution in [2.45, 2.75) is 52.6 Å². The molecule has 0 spiro atoms. The van der Waals surface area contributed by atoms with Crippen LogP contribution >= 0.6 is 11.3 Å². The van der Waals surface area contributed by atoms with Gasteiger partial charge in [0.25, 0.3) is 0 Å². The number of hydrogen-bond acceptors (Lipinski definition) is 3. The van der Waals surface area contributed by atoms with E-state index in [4.69, 9.17) is 0 Å². The van der Waals surface area contributed by atoms with E-state index >= 15 is 0 Å².